The molecule has 8 nitrogen and oxygen atoms in total. The van der Waals surface area contributed by atoms with Crippen molar-refractivity contribution in [1.29, 1.82) is 0 Å². The smallest absolute Gasteiger partial charge is 0.219 e. The Labute approximate surface area is 157 Å². The number of aliphatic imine (C=N–C) groups is 1. The molecule has 2 N–H and O–H groups in total. The van der Waals surface area contributed by atoms with Gasteiger partial charge in [-0.15, -0.1) is 0 Å². The largest absolute Gasteiger partial charge is 0.379 e. The normalized spacial score (nSPS) is 21.5. The van der Waals surface area contributed by atoms with E-state index in [0.717, 1.165) is 84.6 Å². The van der Waals surface area contributed by atoms with Gasteiger partial charge < -0.3 is 20.3 Å². The lowest BCUT2D eigenvalue weighted by atomic mass is 10.2. The van der Waals surface area contributed by atoms with Crippen LogP contribution in [0.3, 0.4) is 0 Å². The van der Waals surface area contributed by atoms with Crippen LogP contribution in [-0.2, 0) is 9.53 Å². The summed E-state index contributed by atoms with van der Waals surface area (Å²) < 4.78 is 5.42. The molecule has 2 heterocycles. The number of hydrogen-bond donors (Lipinski definition) is 2. The van der Waals surface area contributed by atoms with Crippen molar-refractivity contribution in [2.75, 3.05) is 78.7 Å². The average molecular weight is 369 g/mol. The third kappa shape index (κ3) is 7.09. The molecule has 2 aliphatic rings. The first-order valence-electron chi connectivity index (χ1n) is 9.92. The summed E-state index contributed by atoms with van der Waals surface area (Å²) >= 11 is 0. The predicted molar refractivity (Wildman–Crippen MR) is 105 cm³/mol. The van der Waals surface area contributed by atoms with Crippen LogP contribution in [0, 0.1) is 0 Å². The highest BCUT2D eigenvalue weighted by atomic mass is 16.5. The van der Waals surface area contributed by atoms with Gasteiger partial charge in [0.25, 0.3) is 0 Å². The quantitative estimate of drug-likeness (QED) is 0.463. The Morgan fingerprint density at radius 2 is 1.81 bits per heavy atom. The summed E-state index contributed by atoms with van der Waals surface area (Å²) in [6, 6.07) is 0.425. The number of amides is 1. The molecule has 0 aromatic carbocycles. The summed E-state index contributed by atoms with van der Waals surface area (Å²) in [4.78, 5) is 22.9. The van der Waals surface area contributed by atoms with Crippen LogP contribution in [0.25, 0.3) is 0 Å². The number of carbonyl (C=O) groups is 1. The number of carbonyl (C=O) groups excluding carboxylic acids is 1. The number of morpholine rings is 1. The lowest BCUT2D eigenvalue weighted by Crippen LogP contribution is -2.50. The standard InChI is InChI=1S/C18H36N6O2/c1-4-19-18(21-15-16(2)23-11-13-26-14-12-23)20-5-6-22-7-9-24(10-8-22)17(3)25/h16H,4-15H2,1-3H3,(H2,19,20,21). The van der Waals surface area contributed by atoms with Crippen molar-refractivity contribution in [3.05, 3.63) is 0 Å². The van der Waals surface area contributed by atoms with Crippen LogP contribution < -0.4 is 10.6 Å². The van der Waals surface area contributed by atoms with Crippen LogP contribution in [0.2, 0.25) is 0 Å². The molecule has 150 valence electrons. The van der Waals surface area contributed by atoms with Crippen molar-refractivity contribution in [3.8, 4) is 0 Å². The molecule has 0 aromatic heterocycles. The van der Waals surface area contributed by atoms with Crippen LogP contribution in [0.4, 0.5) is 0 Å². The van der Waals surface area contributed by atoms with Crippen LogP contribution in [0.5, 0.6) is 0 Å². The van der Waals surface area contributed by atoms with Gasteiger partial charge in [-0.2, -0.15) is 0 Å². The molecule has 2 aliphatic heterocycles. The molecule has 0 saturated carbocycles. The second kappa shape index (κ2) is 11.4. The highest BCUT2D eigenvalue weighted by molar-refractivity contribution is 5.79. The van der Waals surface area contributed by atoms with Crippen LogP contribution >= 0.6 is 0 Å². The fraction of sp³-hybridized carbons (Fsp3) is 0.889. The third-order valence-corrected chi connectivity index (χ3v) is 5.06. The lowest BCUT2D eigenvalue weighted by Gasteiger charge is -2.34. The van der Waals surface area contributed by atoms with Crippen molar-refractivity contribution < 1.29 is 9.53 Å². The molecular formula is C18H36N6O2. The van der Waals surface area contributed by atoms with Crippen molar-refractivity contribution >= 4 is 11.9 Å². The van der Waals surface area contributed by atoms with Gasteiger partial charge in [0, 0.05) is 71.9 Å². The van der Waals surface area contributed by atoms with Crippen LogP contribution in [0.15, 0.2) is 4.99 Å². The zero-order valence-corrected chi connectivity index (χ0v) is 16.7. The number of ether oxygens (including phenoxy) is 1. The summed E-state index contributed by atoms with van der Waals surface area (Å²) in [7, 11) is 0. The Balaban J connectivity index is 1.69. The minimum absolute atomic E-state index is 0.179. The molecular weight excluding hydrogens is 332 g/mol. The summed E-state index contributed by atoms with van der Waals surface area (Å²) in [5.74, 6) is 1.06. The molecule has 26 heavy (non-hydrogen) atoms. The van der Waals surface area contributed by atoms with Crippen molar-refractivity contribution in [2.24, 2.45) is 4.99 Å². The van der Waals surface area contributed by atoms with Gasteiger partial charge in [0.05, 0.1) is 19.8 Å². The molecule has 0 bridgehead atoms. The Morgan fingerprint density at radius 3 is 2.42 bits per heavy atom. The van der Waals surface area contributed by atoms with E-state index in [1.54, 1.807) is 6.92 Å². The maximum absolute atomic E-state index is 11.4. The first-order valence-corrected chi connectivity index (χ1v) is 9.92. The van der Waals surface area contributed by atoms with Gasteiger partial charge >= 0.3 is 0 Å². The number of guanidine groups is 1. The number of nitrogens with one attached hydrogen (secondary N) is 2. The van der Waals surface area contributed by atoms with E-state index in [-0.39, 0.29) is 5.91 Å². The van der Waals surface area contributed by atoms with E-state index >= 15 is 0 Å². The van der Waals surface area contributed by atoms with E-state index in [1.165, 1.54) is 0 Å². The zero-order valence-electron chi connectivity index (χ0n) is 16.7. The van der Waals surface area contributed by atoms with E-state index < -0.39 is 0 Å². The first-order chi connectivity index (χ1) is 12.6. The minimum Gasteiger partial charge on any atom is -0.379 e. The molecule has 0 spiro atoms. The third-order valence-electron chi connectivity index (χ3n) is 5.06. The van der Waals surface area contributed by atoms with E-state index in [2.05, 4.69) is 34.3 Å². The number of nitrogens with zero attached hydrogens (tertiary/aromatic N) is 4. The SMILES string of the molecule is CCNC(=NCC(C)N1CCOCC1)NCCN1CCN(C(C)=O)CC1. The predicted octanol–water partition coefficient (Wildman–Crippen LogP) is -0.574. The Morgan fingerprint density at radius 1 is 1.12 bits per heavy atom. The average Bonchev–Trinajstić information content (AvgIpc) is 2.67. The van der Waals surface area contributed by atoms with E-state index in [0.29, 0.717) is 6.04 Å². The zero-order chi connectivity index (χ0) is 18.8. The van der Waals surface area contributed by atoms with Crippen LogP contribution in [-0.4, -0.2) is 111 Å². The number of rotatable bonds is 7. The molecule has 1 atom stereocenters. The van der Waals surface area contributed by atoms with Gasteiger partial charge in [-0.25, -0.2) is 0 Å². The molecule has 1 amide bonds. The second-order valence-corrected chi connectivity index (χ2v) is 6.99. The maximum Gasteiger partial charge on any atom is 0.219 e. The van der Waals surface area contributed by atoms with Gasteiger partial charge in [-0.1, -0.05) is 0 Å². The Bertz CT molecular complexity index is 445. The summed E-state index contributed by atoms with van der Waals surface area (Å²) in [5.41, 5.74) is 0. The fourth-order valence-corrected chi connectivity index (χ4v) is 3.32. The highest BCUT2D eigenvalue weighted by Crippen LogP contribution is 2.04. The molecule has 0 radical (unpaired) electrons. The first kappa shape index (κ1) is 20.9. The van der Waals surface area contributed by atoms with Gasteiger partial charge in [-0.05, 0) is 13.8 Å². The molecule has 2 fully saturated rings. The second-order valence-electron chi connectivity index (χ2n) is 6.99. The van der Waals surface area contributed by atoms with Gasteiger partial charge in [-0.3, -0.25) is 19.6 Å². The van der Waals surface area contributed by atoms with Crippen molar-refractivity contribution in [2.45, 2.75) is 26.8 Å². The lowest BCUT2D eigenvalue weighted by molar-refractivity contribution is -0.130. The molecule has 2 rings (SSSR count). The van der Waals surface area contributed by atoms with Crippen molar-refractivity contribution in [1.82, 2.24) is 25.3 Å². The van der Waals surface area contributed by atoms with Gasteiger partial charge in [0.1, 0.15) is 0 Å². The van der Waals surface area contributed by atoms with E-state index in [1.807, 2.05) is 4.90 Å². The van der Waals surface area contributed by atoms with E-state index in [9.17, 15) is 4.79 Å². The topological polar surface area (TPSA) is 72.4 Å². The van der Waals surface area contributed by atoms with E-state index in [4.69, 9.17) is 9.73 Å². The Kier molecular flexibility index (Phi) is 9.14. The summed E-state index contributed by atoms with van der Waals surface area (Å²) in [5, 5.41) is 6.76. The summed E-state index contributed by atoms with van der Waals surface area (Å²) in [6.07, 6.45) is 0. The van der Waals surface area contributed by atoms with Crippen LogP contribution in [0.1, 0.15) is 20.8 Å². The van der Waals surface area contributed by atoms with Gasteiger partial charge in [0.15, 0.2) is 5.96 Å². The maximum atomic E-state index is 11.4. The number of hydrogen-bond acceptors (Lipinski definition) is 5. The fourth-order valence-electron chi connectivity index (χ4n) is 3.32. The molecule has 8 heteroatoms. The number of piperazine rings is 1. The Hall–Kier alpha value is -1.38. The molecule has 2 saturated heterocycles. The molecule has 0 aliphatic carbocycles. The van der Waals surface area contributed by atoms with Crippen molar-refractivity contribution in [3.63, 3.8) is 0 Å². The highest BCUT2D eigenvalue weighted by Gasteiger charge is 2.18. The molecule has 1 unspecified atom stereocenters. The van der Waals surface area contributed by atoms with Gasteiger partial charge in [0.2, 0.25) is 5.91 Å². The monoisotopic (exact) mass is 368 g/mol. The molecule has 0 aromatic rings. The summed E-state index contributed by atoms with van der Waals surface area (Å²) in [6.45, 7) is 16.6. The minimum atomic E-state index is 0.179.